The maximum Gasteiger partial charge on any atom is 0.310 e. The first-order chi connectivity index (χ1) is 5.16. The Kier molecular flexibility index (Phi) is 6.93. The molecule has 0 aliphatic heterocycles. The van der Waals surface area contributed by atoms with Crippen LogP contribution in [-0.2, 0) is 9.32 Å². The van der Waals surface area contributed by atoms with Gasteiger partial charge in [-0.15, -0.1) is 0 Å². The van der Waals surface area contributed by atoms with Crippen LogP contribution in [0.2, 0.25) is 0 Å². The number of halogens is 1. The number of unbranched alkanes of at least 4 members (excludes halogenated alkanes) is 2. The summed E-state index contributed by atoms with van der Waals surface area (Å²) in [6, 6.07) is 0. The van der Waals surface area contributed by atoms with Crippen LogP contribution in [0.3, 0.4) is 0 Å². The van der Waals surface area contributed by atoms with Gasteiger partial charge in [0.05, 0.1) is 0 Å². The van der Waals surface area contributed by atoms with Gasteiger partial charge in [0, 0.05) is 6.42 Å². The molecule has 1 unspecified atom stereocenters. The topological polar surface area (TPSA) is 52.3 Å². The van der Waals surface area contributed by atoms with Gasteiger partial charge in [-0.2, -0.15) is 0 Å². The molecule has 0 bridgehead atoms. The van der Waals surface area contributed by atoms with E-state index in [1.807, 2.05) is 0 Å². The first kappa shape index (κ1) is 11.2. The fourth-order valence-corrected chi connectivity index (χ4v) is 1.18. The molecule has 0 saturated heterocycles. The summed E-state index contributed by atoms with van der Waals surface area (Å²) < 4.78 is 4.57. The first-order valence-electron chi connectivity index (χ1n) is 3.58. The molecule has 0 spiro atoms. The molecule has 0 amide bonds. The Balaban J connectivity index is 3.23. The highest BCUT2D eigenvalue weighted by Gasteiger charge is 2.06. The monoisotopic (exact) mass is 197 g/mol. The molecule has 0 fully saturated rings. The summed E-state index contributed by atoms with van der Waals surface area (Å²) in [4.78, 5) is 10.8. The number of nitrogens with two attached hydrogens (primary N) is 1. The number of hydrogen-bond donors (Lipinski definition) is 1. The van der Waals surface area contributed by atoms with Gasteiger partial charge in [0.25, 0.3) is 7.65 Å². The van der Waals surface area contributed by atoms with E-state index >= 15 is 0 Å². The highest BCUT2D eigenvalue weighted by atomic mass is 35.7. The summed E-state index contributed by atoms with van der Waals surface area (Å²) in [5.41, 5.74) is 5.08. The molecule has 1 atom stereocenters. The SMILES string of the molecule is CCCCCC(=O)OP(N)Cl. The van der Waals surface area contributed by atoms with Crippen molar-refractivity contribution in [2.75, 3.05) is 0 Å². The predicted octanol–water partition coefficient (Wildman–Crippen LogP) is 2.53. The van der Waals surface area contributed by atoms with Crippen molar-refractivity contribution in [3.63, 3.8) is 0 Å². The molecule has 66 valence electrons. The lowest BCUT2D eigenvalue weighted by molar-refractivity contribution is -0.133. The summed E-state index contributed by atoms with van der Waals surface area (Å²) in [6.45, 7) is 2.07. The first-order valence-corrected chi connectivity index (χ1v) is 5.81. The van der Waals surface area contributed by atoms with Crippen LogP contribution in [0, 0.1) is 0 Å². The van der Waals surface area contributed by atoms with Gasteiger partial charge < -0.3 is 4.52 Å². The van der Waals surface area contributed by atoms with Crippen molar-refractivity contribution < 1.29 is 9.32 Å². The fraction of sp³-hybridized carbons (Fsp3) is 0.833. The normalized spacial score (nSPS) is 12.6. The van der Waals surface area contributed by atoms with Gasteiger partial charge >= 0.3 is 5.97 Å². The van der Waals surface area contributed by atoms with Crippen molar-refractivity contribution in [3.8, 4) is 0 Å². The molecule has 5 heteroatoms. The molecule has 0 aromatic rings. The zero-order valence-electron chi connectivity index (χ0n) is 6.55. The summed E-state index contributed by atoms with van der Waals surface area (Å²) in [5.74, 6) is -0.290. The van der Waals surface area contributed by atoms with E-state index in [4.69, 9.17) is 16.7 Å². The Bertz CT molecular complexity index is 121. The minimum absolute atomic E-state index is 0.290. The summed E-state index contributed by atoms with van der Waals surface area (Å²) in [6.07, 6.45) is 3.41. The average molecular weight is 198 g/mol. The Labute approximate surface area is 72.9 Å². The molecule has 3 nitrogen and oxygen atoms in total. The number of carbonyl (C=O) groups is 1. The van der Waals surface area contributed by atoms with Crippen LogP contribution in [0.4, 0.5) is 0 Å². The van der Waals surface area contributed by atoms with Gasteiger partial charge in [-0.05, 0) is 17.7 Å². The third-order valence-corrected chi connectivity index (χ3v) is 1.76. The summed E-state index contributed by atoms with van der Waals surface area (Å²) >= 11 is 5.28. The molecule has 0 aromatic heterocycles. The summed E-state index contributed by atoms with van der Waals surface area (Å²) in [5, 5.41) is 0. The van der Waals surface area contributed by atoms with Gasteiger partial charge in [0.2, 0.25) is 0 Å². The molecule has 0 aromatic carbocycles. The van der Waals surface area contributed by atoms with Crippen molar-refractivity contribution in [1.82, 2.24) is 0 Å². The number of hydrogen-bond acceptors (Lipinski definition) is 3. The lowest BCUT2D eigenvalue weighted by atomic mass is 10.2. The van der Waals surface area contributed by atoms with E-state index in [0.29, 0.717) is 6.42 Å². The molecule has 0 heterocycles. The number of carbonyl (C=O) groups excluding carboxylic acids is 1. The second-order valence-corrected chi connectivity index (χ2v) is 3.92. The average Bonchev–Trinajstić information content (AvgIpc) is 1.86. The van der Waals surface area contributed by atoms with E-state index < -0.39 is 7.65 Å². The van der Waals surface area contributed by atoms with Crippen LogP contribution in [0.25, 0.3) is 0 Å². The smallest absolute Gasteiger partial charge is 0.310 e. The van der Waals surface area contributed by atoms with Gasteiger partial charge in [0.1, 0.15) is 0 Å². The van der Waals surface area contributed by atoms with Crippen LogP contribution >= 0.6 is 18.9 Å². The van der Waals surface area contributed by atoms with E-state index in [9.17, 15) is 4.79 Å². The van der Waals surface area contributed by atoms with E-state index in [1.54, 1.807) is 0 Å². The minimum atomic E-state index is -1.54. The Morgan fingerprint density at radius 2 is 2.27 bits per heavy atom. The van der Waals surface area contributed by atoms with Crippen LogP contribution in [0.1, 0.15) is 32.6 Å². The highest BCUT2D eigenvalue weighted by molar-refractivity contribution is 7.78. The zero-order valence-corrected chi connectivity index (χ0v) is 8.20. The van der Waals surface area contributed by atoms with E-state index in [0.717, 1.165) is 19.3 Å². The molecule has 2 N–H and O–H groups in total. The molecule has 11 heavy (non-hydrogen) atoms. The largest absolute Gasteiger partial charge is 0.414 e. The van der Waals surface area contributed by atoms with Crippen molar-refractivity contribution in [2.24, 2.45) is 5.50 Å². The van der Waals surface area contributed by atoms with Gasteiger partial charge in [-0.3, -0.25) is 10.3 Å². The Morgan fingerprint density at radius 1 is 1.64 bits per heavy atom. The molecule has 0 rings (SSSR count). The molecule has 0 aliphatic rings. The van der Waals surface area contributed by atoms with Crippen LogP contribution in [-0.4, -0.2) is 5.97 Å². The van der Waals surface area contributed by atoms with Crippen LogP contribution < -0.4 is 5.50 Å². The second kappa shape index (κ2) is 6.84. The van der Waals surface area contributed by atoms with Crippen LogP contribution in [0.15, 0.2) is 0 Å². The van der Waals surface area contributed by atoms with E-state index in [-0.39, 0.29) is 5.97 Å². The van der Waals surface area contributed by atoms with E-state index in [2.05, 4.69) is 11.4 Å². The third kappa shape index (κ3) is 8.05. The maximum absolute atomic E-state index is 10.8. The lowest BCUT2D eigenvalue weighted by Crippen LogP contribution is -2.01. The molecule has 0 radical (unpaired) electrons. The lowest BCUT2D eigenvalue weighted by Gasteiger charge is -2.03. The molecule has 0 aliphatic carbocycles. The van der Waals surface area contributed by atoms with Gasteiger partial charge in [0.15, 0.2) is 0 Å². The van der Waals surface area contributed by atoms with Crippen molar-refractivity contribution in [3.05, 3.63) is 0 Å². The fourth-order valence-electron chi connectivity index (χ4n) is 0.662. The Morgan fingerprint density at radius 3 is 2.73 bits per heavy atom. The predicted molar refractivity (Wildman–Crippen MR) is 47.2 cm³/mol. The van der Waals surface area contributed by atoms with Crippen molar-refractivity contribution in [2.45, 2.75) is 32.6 Å². The highest BCUT2D eigenvalue weighted by Crippen LogP contribution is 2.33. The quantitative estimate of drug-likeness (QED) is 0.544. The Hall–Kier alpha value is 0.150. The molecular formula is C6H13ClNO2P. The van der Waals surface area contributed by atoms with Gasteiger partial charge in [-0.1, -0.05) is 19.8 Å². The third-order valence-electron chi connectivity index (χ3n) is 1.17. The number of rotatable bonds is 5. The second-order valence-electron chi connectivity index (χ2n) is 2.19. The van der Waals surface area contributed by atoms with E-state index in [1.165, 1.54) is 0 Å². The minimum Gasteiger partial charge on any atom is -0.414 e. The zero-order chi connectivity index (χ0) is 8.69. The van der Waals surface area contributed by atoms with Crippen LogP contribution in [0.5, 0.6) is 0 Å². The van der Waals surface area contributed by atoms with Crippen molar-refractivity contribution >= 4 is 24.9 Å². The molecule has 0 saturated carbocycles. The summed E-state index contributed by atoms with van der Waals surface area (Å²) in [7, 11) is -1.54. The van der Waals surface area contributed by atoms with Crippen molar-refractivity contribution in [1.29, 1.82) is 0 Å². The maximum atomic E-state index is 10.8. The van der Waals surface area contributed by atoms with Gasteiger partial charge in [-0.25, -0.2) is 0 Å². The standard InChI is InChI=1S/C6H13ClNO2P/c1-2-3-4-5-6(9)10-11(7)8/h2-5,8H2,1H3. The molecular weight excluding hydrogens is 184 g/mol.